The summed E-state index contributed by atoms with van der Waals surface area (Å²) in [7, 11) is 0. The molecule has 0 bridgehead atoms. The van der Waals surface area contributed by atoms with Crippen LogP contribution < -0.4 is 5.56 Å². The van der Waals surface area contributed by atoms with E-state index in [-0.39, 0.29) is 24.4 Å². The van der Waals surface area contributed by atoms with E-state index in [1.54, 1.807) is 6.92 Å². The van der Waals surface area contributed by atoms with Gasteiger partial charge in [-0.3, -0.25) is 14.9 Å². The van der Waals surface area contributed by atoms with E-state index in [2.05, 4.69) is 6.58 Å². The van der Waals surface area contributed by atoms with Crippen molar-refractivity contribution in [2.45, 2.75) is 13.5 Å². The second-order valence-electron chi connectivity index (χ2n) is 3.43. The number of hydrogen-bond donors (Lipinski definition) is 0. The zero-order valence-corrected chi connectivity index (χ0v) is 9.79. The maximum atomic E-state index is 11.5. The highest BCUT2D eigenvalue weighted by Crippen LogP contribution is 2.08. The number of esters is 1. The highest BCUT2D eigenvalue weighted by Gasteiger charge is 2.12. The number of ether oxygens (including phenoxy) is 1. The molecule has 0 fully saturated rings. The third kappa shape index (κ3) is 3.27. The Balaban J connectivity index is 2.93. The summed E-state index contributed by atoms with van der Waals surface area (Å²) in [6.07, 6.45) is 1.06. The molecule has 0 aliphatic rings. The molecule has 1 aromatic heterocycles. The molecule has 0 atom stereocenters. The summed E-state index contributed by atoms with van der Waals surface area (Å²) < 4.78 is 5.74. The summed E-state index contributed by atoms with van der Waals surface area (Å²) in [6, 6.07) is 2.17. The third-order valence-corrected chi connectivity index (χ3v) is 2.10. The first-order valence-electron chi connectivity index (χ1n) is 5.15. The quantitative estimate of drug-likeness (QED) is 0.335. The van der Waals surface area contributed by atoms with Crippen LogP contribution in [0.2, 0.25) is 0 Å². The van der Waals surface area contributed by atoms with Gasteiger partial charge >= 0.3 is 5.97 Å². The van der Waals surface area contributed by atoms with Gasteiger partial charge in [0.15, 0.2) is 0 Å². The first-order valence-corrected chi connectivity index (χ1v) is 5.15. The van der Waals surface area contributed by atoms with Gasteiger partial charge < -0.3 is 9.30 Å². The molecule has 0 radical (unpaired) electrons. The minimum atomic E-state index is -0.629. The van der Waals surface area contributed by atoms with Crippen molar-refractivity contribution in [3.05, 3.63) is 50.9 Å². The second kappa shape index (κ2) is 5.76. The number of nitro groups is 1. The maximum absolute atomic E-state index is 11.5. The van der Waals surface area contributed by atoms with Crippen LogP contribution >= 0.6 is 0 Å². The van der Waals surface area contributed by atoms with Crippen LogP contribution in [0.4, 0.5) is 5.69 Å². The summed E-state index contributed by atoms with van der Waals surface area (Å²) in [5, 5.41) is 10.6. The summed E-state index contributed by atoms with van der Waals surface area (Å²) >= 11 is 0. The Labute approximate surface area is 102 Å². The summed E-state index contributed by atoms with van der Waals surface area (Å²) in [5.74, 6) is -0.629. The molecule has 0 aliphatic heterocycles. The van der Waals surface area contributed by atoms with Gasteiger partial charge in [-0.2, -0.15) is 0 Å². The molecule has 96 valence electrons. The predicted molar refractivity (Wildman–Crippen MR) is 63.1 cm³/mol. The molecule has 18 heavy (non-hydrogen) atoms. The van der Waals surface area contributed by atoms with E-state index in [0.29, 0.717) is 0 Å². The molecule has 0 spiro atoms. The van der Waals surface area contributed by atoms with Crippen molar-refractivity contribution in [2.24, 2.45) is 0 Å². The normalized spacial score (nSPS) is 9.83. The topological polar surface area (TPSA) is 91.4 Å². The van der Waals surface area contributed by atoms with Gasteiger partial charge in [-0.05, 0) is 6.92 Å². The minimum absolute atomic E-state index is 0.0550. The van der Waals surface area contributed by atoms with Gasteiger partial charge in [-0.25, -0.2) is 4.79 Å². The van der Waals surface area contributed by atoms with Crippen molar-refractivity contribution < 1.29 is 14.5 Å². The Bertz CT molecular complexity index is 547. The fourth-order valence-electron chi connectivity index (χ4n) is 1.25. The van der Waals surface area contributed by atoms with Crippen LogP contribution in [-0.4, -0.2) is 22.1 Å². The Morgan fingerprint density at radius 3 is 2.78 bits per heavy atom. The molecule has 1 heterocycles. The fraction of sp³-hybridized carbons (Fsp3) is 0.273. The number of aromatic nitrogens is 1. The molecule has 1 rings (SSSR count). The van der Waals surface area contributed by atoms with E-state index in [9.17, 15) is 19.7 Å². The molecule has 0 aliphatic carbocycles. The molecule has 1 aromatic rings. The average Bonchev–Trinajstić information content (AvgIpc) is 2.31. The van der Waals surface area contributed by atoms with Crippen LogP contribution in [0.25, 0.3) is 0 Å². The van der Waals surface area contributed by atoms with Gasteiger partial charge in [-0.15, -0.1) is 0 Å². The van der Waals surface area contributed by atoms with Crippen molar-refractivity contribution >= 4 is 11.7 Å². The SMILES string of the molecule is C=C(Cn1cc([N+](=O)[O-])ccc1=O)C(=O)OCC. The lowest BCUT2D eigenvalue weighted by Crippen LogP contribution is -2.22. The smallest absolute Gasteiger partial charge is 0.335 e. The van der Waals surface area contributed by atoms with Crippen molar-refractivity contribution in [3.8, 4) is 0 Å². The molecule has 0 N–H and O–H groups in total. The van der Waals surface area contributed by atoms with E-state index in [1.165, 1.54) is 0 Å². The van der Waals surface area contributed by atoms with Crippen molar-refractivity contribution in [3.63, 3.8) is 0 Å². The van der Waals surface area contributed by atoms with Crippen LogP contribution in [0.5, 0.6) is 0 Å². The molecule has 0 aromatic carbocycles. The summed E-state index contributed by atoms with van der Waals surface area (Å²) in [4.78, 5) is 32.7. The molecule has 7 nitrogen and oxygen atoms in total. The minimum Gasteiger partial charge on any atom is -0.463 e. The van der Waals surface area contributed by atoms with E-state index >= 15 is 0 Å². The van der Waals surface area contributed by atoms with Crippen LogP contribution in [0.15, 0.2) is 35.3 Å². The summed E-state index contributed by atoms with van der Waals surface area (Å²) in [5.41, 5.74) is -0.628. The number of hydrogen-bond acceptors (Lipinski definition) is 5. The molecule has 7 heteroatoms. The second-order valence-corrected chi connectivity index (χ2v) is 3.43. The third-order valence-electron chi connectivity index (χ3n) is 2.10. The lowest BCUT2D eigenvalue weighted by molar-refractivity contribution is -0.385. The van der Waals surface area contributed by atoms with Crippen LogP contribution in [-0.2, 0) is 16.1 Å². The van der Waals surface area contributed by atoms with E-state index in [0.717, 1.165) is 22.9 Å². The van der Waals surface area contributed by atoms with Gasteiger partial charge in [0.2, 0.25) is 0 Å². The average molecular weight is 252 g/mol. The van der Waals surface area contributed by atoms with Crippen LogP contribution in [0.3, 0.4) is 0 Å². The van der Waals surface area contributed by atoms with Gasteiger partial charge in [-0.1, -0.05) is 6.58 Å². The lowest BCUT2D eigenvalue weighted by Gasteiger charge is -2.07. The molecule has 0 unspecified atom stereocenters. The highest BCUT2D eigenvalue weighted by molar-refractivity contribution is 5.87. The van der Waals surface area contributed by atoms with Crippen molar-refractivity contribution in [1.82, 2.24) is 4.57 Å². The molecule has 0 saturated carbocycles. The van der Waals surface area contributed by atoms with Gasteiger partial charge in [0.25, 0.3) is 11.2 Å². The molecular weight excluding hydrogens is 240 g/mol. The largest absolute Gasteiger partial charge is 0.463 e. The van der Waals surface area contributed by atoms with E-state index < -0.39 is 16.5 Å². The zero-order chi connectivity index (χ0) is 13.7. The van der Waals surface area contributed by atoms with Gasteiger partial charge in [0.1, 0.15) is 0 Å². The predicted octanol–water partition coefficient (Wildman–Crippen LogP) is 0.876. The lowest BCUT2D eigenvalue weighted by atomic mass is 10.3. The number of nitrogens with zero attached hydrogens (tertiary/aromatic N) is 2. The molecule has 0 amide bonds. The molecular formula is C11H12N2O5. The number of rotatable bonds is 5. The number of pyridine rings is 1. The number of carbonyl (C=O) groups excluding carboxylic acids is 1. The van der Waals surface area contributed by atoms with E-state index in [4.69, 9.17) is 4.74 Å². The fourth-order valence-corrected chi connectivity index (χ4v) is 1.25. The number of carbonyl (C=O) groups is 1. The Hall–Kier alpha value is -2.44. The van der Waals surface area contributed by atoms with Crippen molar-refractivity contribution in [1.29, 1.82) is 0 Å². The van der Waals surface area contributed by atoms with Crippen LogP contribution in [0.1, 0.15) is 6.92 Å². The van der Waals surface area contributed by atoms with E-state index in [1.807, 2.05) is 0 Å². The van der Waals surface area contributed by atoms with Crippen molar-refractivity contribution in [2.75, 3.05) is 6.61 Å². The first kappa shape index (κ1) is 13.6. The van der Waals surface area contributed by atoms with Crippen LogP contribution in [0, 0.1) is 10.1 Å². The Kier molecular flexibility index (Phi) is 4.36. The summed E-state index contributed by atoms with van der Waals surface area (Å²) in [6.45, 7) is 5.18. The van der Waals surface area contributed by atoms with Gasteiger partial charge in [0.05, 0.1) is 24.3 Å². The highest BCUT2D eigenvalue weighted by atomic mass is 16.6. The van der Waals surface area contributed by atoms with Gasteiger partial charge in [0, 0.05) is 17.7 Å². The Morgan fingerprint density at radius 1 is 1.56 bits per heavy atom. The zero-order valence-electron chi connectivity index (χ0n) is 9.79. The Morgan fingerprint density at radius 2 is 2.22 bits per heavy atom. The molecule has 0 saturated heterocycles. The maximum Gasteiger partial charge on any atom is 0.335 e. The monoisotopic (exact) mass is 252 g/mol. The first-order chi connectivity index (χ1) is 8.45. The standard InChI is InChI=1S/C11H12N2O5/c1-3-18-11(15)8(2)6-12-7-9(13(16)17)4-5-10(12)14/h4-5,7H,2-3,6H2,1H3.